The number of benzene rings is 1. The summed E-state index contributed by atoms with van der Waals surface area (Å²) in [5.74, 6) is 3.24. The molecule has 0 bridgehead atoms. The lowest BCUT2D eigenvalue weighted by molar-refractivity contribution is 0.167. The van der Waals surface area contributed by atoms with Crippen molar-refractivity contribution in [2.75, 3.05) is 6.61 Å². The summed E-state index contributed by atoms with van der Waals surface area (Å²) in [5.41, 5.74) is 0.831. The molecular formula is C13H16O2. The Morgan fingerprint density at radius 2 is 2.20 bits per heavy atom. The van der Waals surface area contributed by atoms with Crippen molar-refractivity contribution >= 4 is 0 Å². The van der Waals surface area contributed by atoms with Crippen LogP contribution in [0.5, 0.6) is 5.75 Å². The average molecular weight is 204 g/mol. The predicted octanol–water partition coefficient (Wildman–Crippen LogP) is 2.53. The van der Waals surface area contributed by atoms with Gasteiger partial charge in [-0.05, 0) is 12.5 Å². The van der Waals surface area contributed by atoms with Crippen molar-refractivity contribution in [2.45, 2.75) is 25.9 Å². The Labute approximate surface area is 90.9 Å². The molecule has 0 unspecified atom stereocenters. The van der Waals surface area contributed by atoms with E-state index in [0.29, 0.717) is 19.4 Å². The van der Waals surface area contributed by atoms with E-state index in [1.165, 1.54) is 0 Å². The lowest BCUT2D eigenvalue weighted by atomic mass is 10.1. The minimum absolute atomic E-state index is 0.466. The van der Waals surface area contributed by atoms with Crippen molar-refractivity contribution in [3.63, 3.8) is 0 Å². The van der Waals surface area contributed by atoms with Gasteiger partial charge in [0.1, 0.15) is 5.75 Å². The largest absolute Gasteiger partial charge is 0.492 e. The van der Waals surface area contributed by atoms with Crippen LogP contribution in [0.15, 0.2) is 24.3 Å². The number of terminal acetylenes is 1. The Kier molecular flexibility index (Phi) is 4.73. The SMILES string of the molecule is C#CCCOc1ccccc1[C@@H](O)CC. The predicted molar refractivity (Wildman–Crippen MR) is 60.6 cm³/mol. The fourth-order valence-corrected chi connectivity index (χ4v) is 1.33. The standard InChI is InChI=1S/C13H16O2/c1-3-5-10-15-13-9-7-6-8-11(13)12(14)4-2/h1,6-9,12,14H,4-5,10H2,2H3/t12-/m0/s1. The molecule has 0 fully saturated rings. The summed E-state index contributed by atoms with van der Waals surface area (Å²) in [5, 5.41) is 9.75. The zero-order valence-corrected chi connectivity index (χ0v) is 8.94. The normalized spacial score (nSPS) is 11.8. The summed E-state index contributed by atoms with van der Waals surface area (Å²) in [6.07, 6.45) is 5.93. The molecule has 0 aromatic heterocycles. The van der Waals surface area contributed by atoms with Gasteiger partial charge in [0.15, 0.2) is 0 Å². The number of aliphatic hydroxyl groups is 1. The highest BCUT2D eigenvalue weighted by Crippen LogP contribution is 2.26. The van der Waals surface area contributed by atoms with Crippen LogP contribution in [0.2, 0.25) is 0 Å². The number of para-hydroxylation sites is 1. The average Bonchev–Trinajstić information content (AvgIpc) is 2.29. The molecule has 0 radical (unpaired) electrons. The van der Waals surface area contributed by atoms with Crippen LogP contribution in [0.3, 0.4) is 0 Å². The number of hydrogen-bond donors (Lipinski definition) is 1. The van der Waals surface area contributed by atoms with E-state index in [9.17, 15) is 5.11 Å². The van der Waals surface area contributed by atoms with Gasteiger partial charge in [0, 0.05) is 12.0 Å². The van der Waals surface area contributed by atoms with E-state index in [4.69, 9.17) is 11.2 Å². The molecule has 1 aromatic rings. The summed E-state index contributed by atoms with van der Waals surface area (Å²) >= 11 is 0. The van der Waals surface area contributed by atoms with Crippen molar-refractivity contribution in [3.8, 4) is 18.1 Å². The van der Waals surface area contributed by atoms with Crippen molar-refractivity contribution in [3.05, 3.63) is 29.8 Å². The highest BCUT2D eigenvalue weighted by molar-refractivity contribution is 5.35. The van der Waals surface area contributed by atoms with Crippen LogP contribution in [0.1, 0.15) is 31.4 Å². The fraction of sp³-hybridized carbons (Fsp3) is 0.385. The first-order valence-corrected chi connectivity index (χ1v) is 5.12. The molecule has 1 N–H and O–H groups in total. The Bertz CT molecular complexity index is 339. The minimum atomic E-state index is -0.466. The van der Waals surface area contributed by atoms with E-state index >= 15 is 0 Å². The van der Waals surface area contributed by atoms with Crippen LogP contribution in [0.4, 0.5) is 0 Å². The molecule has 0 aliphatic heterocycles. The van der Waals surface area contributed by atoms with E-state index in [2.05, 4.69) is 5.92 Å². The second-order valence-electron chi connectivity index (χ2n) is 3.26. The smallest absolute Gasteiger partial charge is 0.125 e. The van der Waals surface area contributed by atoms with Gasteiger partial charge in [-0.3, -0.25) is 0 Å². The lowest BCUT2D eigenvalue weighted by Gasteiger charge is -2.14. The van der Waals surface area contributed by atoms with Gasteiger partial charge in [-0.25, -0.2) is 0 Å². The molecule has 80 valence electrons. The molecule has 0 heterocycles. The molecule has 0 amide bonds. The van der Waals surface area contributed by atoms with Gasteiger partial charge >= 0.3 is 0 Å². The van der Waals surface area contributed by atoms with E-state index in [1.807, 2.05) is 31.2 Å². The molecule has 0 aliphatic carbocycles. The summed E-state index contributed by atoms with van der Waals surface area (Å²) < 4.78 is 5.50. The van der Waals surface area contributed by atoms with Crippen LogP contribution in [-0.2, 0) is 0 Å². The Morgan fingerprint density at radius 3 is 2.87 bits per heavy atom. The third kappa shape index (κ3) is 3.30. The van der Waals surface area contributed by atoms with E-state index in [0.717, 1.165) is 11.3 Å². The van der Waals surface area contributed by atoms with Gasteiger partial charge in [-0.1, -0.05) is 25.1 Å². The highest BCUT2D eigenvalue weighted by Gasteiger charge is 2.10. The topological polar surface area (TPSA) is 29.5 Å². The van der Waals surface area contributed by atoms with Crippen molar-refractivity contribution in [1.29, 1.82) is 0 Å². The van der Waals surface area contributed by atoms with Gasteiger partial charge in [-0.2, -0.15) is 0 Å². The maximum atomic E-state index is 9.75. The van der Waals surface area contributed by atoms with Gasteiger partial charge in [0.2, 0.25) is 0 Å². The highest BCUT2D eigenvalue weighted by atomic mass is 16.5. The number of aliphatic hydroxyl groups excluding tert-OH is 1. The van der Waals surface area contributed by atoms with Crippen LogP contribution in [0.25, 0.3) is 0 Å². The number of ether oxygens (including phenoxy) is 1. The zero-order valence-electron chi connectivity index (χ0n) is 8.94. The monoisotopic (exact) mass is 204 g/mol. The number of rotatable bonds is 5. The van der Waals surface area contributed by atoms with E-state index in [-0.39, 0.29) is 0 Å². The summed E-state index contributed by atoms with van der Waals surface area (Å²) in [6.45, 7) is 2.42. The second-order valence-corrected chi connectivity index (χ2v) is 3.26. The Morgan fingerprint density at radius 1 is 1.47 bits per heavy atom. The first kappa shape index (κ1) is 11.6. The molecule has 1 atom stereocenters. The van der Waals surface area contributed by atoms with Crippen molar-refractivity contribution < 1.29 is 9.84 Å². The van der Waals surface area contributed by atoms with Crippen LogP contribution in [0, 0.1) is 12.3 Å². The third-order valence-electron chi connectivity index (χ3n) is 2.17. The Hall–Kier alpha value is -1.46. The van der Waals surface area contributed by atoms with Crippen molar-refractivity contribution in [1.82, 2.24) is 0 Å². The molecule has 0 aliphatic rings. The summed E-state index contributed by atoms with van der Waals surface area (Å²) in [6, 6.07) is 7.50. The molecule has 1 aromatic carbocycles. The van der Waals surface area contributed by atoms with Gasteiger partial charge in [0.25, 0.3) is 0 Å². The second kappa shape index (κ2) is 6.10. The maximum Gasteiger partial charge on any atom is 0.125 e. The molecule has 0 spiro atoms. The number of hydrogen-bond acceptors (Lipinski definition) is 2. The fourth-order valence-electron chi connectivity index (χ4n) is 1.33. The lowest BCUT2D eigenvalue weighted by Crippen LogP contribution is -2.02. The van der Waals surface area contributed by atoms with E-state index in [1.54, 1.807) is 0 Å². The summed E-state index contributed by atoms with van der Waals surface area (Å²) in [4.78, 5) is 0. The van der Waals surface area contributed by atoms with Crippen molar-refractivity contribution in [2.24, 2.45) is 0 Å². The molecular weight excluding hydrogens is 188 g/mol. The first-order chi connectivity index (χ1) is 7.29. The minimum Gasteiger partial charge on any atom is -0.492 e. The van der Waals surface area contributed by atoms with Crippen LogP contribution in [-0.4, -0.2) is 11.7 Å². The van der Waals surface area contributed by atoms with Gasteiger partial charge in [0.05, 0.1) is 12.7 Å². The molecule has 2 heteroatoms. The molecule has 1 rings (SSSR count). The molecule has 0 saturated heterocycles. The molecule has 0 saturated carbocycles. The van der Waals surface area contributed by atoms with Crippen LogP contribution >= 0.6 is 0 Å². The zero-order chi connectivity index (χ0) is 11.1. The van der Waals surface area contributed by atoms with Gasteiger partial charge in [-0.15, -0.1) is 12.3 Å². The quantitative estimate of drug-likeness (QED) is 0.590. The van der Waals surface area contributed by atoms with E-state index < -0.39 is 6.10 Å². The molecule has 2 nitrogen and oxygen atoms in total. The van der Waals surface area contributed by atoms with Gasteiger partial charge < -0.3 is 9.84 Å². The Balaban J connectivity index is 2.73. The third-order valence-corrected chi connectivity index (χ3v) is 2.17. The molecule has 15 heavy (non-hydrogen) atoms. The maximum absolute atomic E-state index is 9.75. The van der Waals surface area contributed by atoms with Crippen LogP contribution < -0.4 is 4.74 Å². The first-order valence-electron chi connectivity index (χ1n) is 5.12. The summed E-state index contributed by atoms with van der Waals surface area (Å²) in [7, 11) is 0.